The van der Waals surface area contributed by atoms with Crippen molar-refractivity contribution in [2.75, 3.05) is 17.7 Å². The minimum atomic E-state index is 0.215. The molecule has 20 heavy (non-hydrogen) atoms. The van der Waals surface area contributed by atoms with Gasteiger partial charge in [-0.05, 0) is 24.8 Å². The van der Waals surface area contributed by atoms with Gasteiger partial charge in [-0.3, -0.25) is 0 Å². The first kappa shape index (κ1) is 14.6. The number of rotatable bonds is 7. The lowest BCUT2D eigenvalue weighted by molar-refractivity contribution is 0.328. The van der Waals surface area contributed by atoms with Gasteiger partial charge in [0.25, 0.3) is 0 Å². The highest BCUT2D eigenvalue weighted by atomic mass is 32.1. The summed E-state index contributed by atoms with van der Waals surface area (Å²) in [6, 6.07) is 4.39. The molecule has 0 aliphatic carbocycles. The average Bonchev–Trinajstić information content (AvgIpc) is 2.97. The highest BCUT2D eigenvalue weighted by molar-refractivity contribution is 7.10. The number of nitrogens with zero attached hydrogens (tertiary/aromatic N) is 2. The monoisotopic (exact) mass is 292 g/mol. The zero-order valence-electron chi connectivity index (χ0n) is 11.8. The fraction of sp³-hybridized carbons (Fsp3) is 0.429. The van der Waals surface area contributed by atoms with E-state index in [-0.39, 0.29) is 6.04 Å². The molecule has 2 aromatic heterocycles. The van der Waals surface area contributed by atoms with Crippen LogP contribution in [0.5, 0.6) is 5.88 Å². The van der Waals surface area contributed by atoms with E-state index >= 15 is 0 Å². The van der Waals surface area contributed by atoms with Crippen LogP contribution in [0.15, 0.2) is 23.8 Å². The van der Waals surface area contributed by atoms with E-state index in [1.54, 1.807) is 11.3 Å². The number of nitrogens with two attached hydrogens (primary N) is 1. The molecular formula is C14H20N4OS. The molecule has 0 saturated heterocycles. The predicted octanol–water partition coefficient (Wildman–Crippen LogP) is 3.47. The van der Waals surface area contributed by atoms with Gasteiger partial charge in [0.1, 0.15) is 12.0 Å². The fourth-order valence-electron chi connectivity index (χ4n) is 1.97. The van der Waals surface area contributed by atoms with Crippen molar-refractivity contribution in [2.24, 2.45) is 0 Å². The zero-order valence-corrected chi connectivity index (χ0v) is 12.6. The Morgan fingerprint density at radius 1 is 1.40 bits per heavy atom. The summed E-state index contributed by atoms with van der Waals surface area (Å²) in [7, 11) is 0. The molecule has 0 aromatic carbocycles. The van der Waals surface area contributed by atoms with E-state index < -0.39 is 0 Å². The zero-order chi connectivity index (χ0) is 14.4. The van der Waals surface area contributed by atoms with Gasteiger partial charge in [-0.2, -0.15) is 4.98 Å². The van der Waals surface area contributed by atoms with Crippen LogP contribution >= 0.6 is 11.3 Å². The van der Waals surface area contributed by atoms with Crippen LogP contribution in [0.1, 0.15) is 37.6 Å². The Balaban J connectivity index is 2.20. The predicted molar refractivity (Wildman–Crippen MR) is 83.2 cm³/mol. The third kappa shape index (κ3) is 3.39. The Hall–Kier alpha value is -1.82. The van der Waals surface area contributed by atoms with Crippen LogP contribution in [0.25, 0.3) is 0 Å². The molecule has 0 aliphatic heterocycles. The number of aromatic nitrogens is 2. The van der Waals surface area contributed by atoms with E-state index in [1.807, 2.05) is 6.92 Å². The lowest BCUT2D eigenvalue weighted by Crippen LogP contribution is -2.13. The molecule has 0 spiro atoms. The normalized spacial score (nSPS) is 12.1. The summed E-state index contributed by atoms with van der Waals surface area (Å²) < 4.78 is 5.40. The van der Waals surface area contributed by atoms with Crippen molar-refractivity contribution in [1.82, 2.24) is 9.97 Å². The van der Waals surface area contributed by atoms with Gasteiger partial charge in [0.05, 0.1) is 12.6 Å². The summed E-state index contributed by atoms with van der Waals surface area (Å²) in [5, 5.41) is 5.48. The standard InChI is InChI=1S/C14H20N4OS/c1-3-6-10(11-7-5-8-20-11)18-13-12(15)14(19-4-2)17-9-16-13/h5,7-10H,3-4,6,15H2,1-2H3,(H,16,17,18). The van der Waals surface area contributed by atoms with Crippen LogP contribution in [0.4, 0.5) is 11.5 Å². The van der Waals surface area contributed by atoms with Crippen molar-refractivity contribution in [2.45, 2.75) is 32.7 Å². The molecule has 2 aromatic rings. The number of thiophene rings is 1. The number of hydrogen-bond donors (Lipinski definition) is 2. The first-order valence-corrected chi connectivity index (χ1v) is 7.67. The number of ether oxygens (including phenoxy) is 1. The maximum Gasteiger partial charge on any atom is 0.242 e. The van der Waals surface area contributed by atoms with Crippen molar-refractivity contribution in [3.05, 3.63) is 28.7 Å². The topological polar surface area (TPSA) is 73.1 Å². The van der Waals surface area contributed by atoms with Gasteiger partial charge in [0.15, 0.2) is 5.82 Å². The number of nitrogen functional groups attached to an aromatic ring is 1. The largest absolute Gasteiger partial charge is 0.476 e. The molecule has 0 fully saturated rings. The summed E-state index contributed by atoms with van der Waals surface area (Å²) in [6.45, 7) is 4.60. The quantitative estimate of drug-likeness (QED) is 0.817. The molecule has 2 heterocycles. The Kier molecular flexibility index (Phi) is 5.17. The Labute approximate surface area is 123 Å². The summed E-state index contributed by atoms with van der Waals surface area (Å²) in [5.74, 6) is 1.07. The van der Waals surface area contributed by atoms with Crippen LogP contribution in [-0.2, 0) is 0 Å². The molecule has 5 nitrogen and oxygen atoms in total. The molecule has 0 amide bonds. The van der Waals surface area contributed by atoms with E-state index in [0.29, 0.717) is 24.0 Å². The molecule has 1 unspecified atom stereocenters. The summed E-state index contributed by atoms with van der Waals surface area (Å²) in [4.78, 5) is 9.56. The molecule has 2 rings (SSSR count). The van der Waals surface area contributed by atoms with Crippen molar-refractivity contribution in [3.8, 4) is 5.88 Å². The first-order chi connectivity index (χ1) is 9.76. The van der Waals surface area contributed by atoms with Gasteiger partial charge in [-0.25, -0.2) is 4.98 Å². The number of nitrogens with one attached hydrogen (secondary N) is 1. The molecule has 3 N–H and O–H groups in total. The van der Waals surface area contributed by atoms with Gasteiger partial charge >= 0.3 is 0 Å². The Morgan fingerprint density at radius 3 is 2.90 bits per heavy atom. The average molecular weight is 292 g/mol. The van der Waals surface area contributed by atoms with Crippen LogP contribution in [0, 0.1) is 0 Å². The molecule has 6 heteroatoms. The fourth-order valence-corrected chi connectivity index (χ4v) is 2.79. The first-order valence-electron chi connectivity index (χ1n) is 6.79. The second-order valence-corrected chi connectivity index (χ2v) is 5.35. The number of anilines is 2. The highest BCUT2D eigenvalue weighted by Crippen LogP contribution is 2.31. The van der Waals surface area contributed by atoms with E-state index in [2.05, 4.69) is 39.7 Å². The van der Waals surface area contributed by atoms with Gasteiger partial charge in [-0.15, -0.1) is 11.3 Å². The molecule has 0 aliphatic rings. The van der Waals surface area contributed by atoms with E-state index in [4.69, 9.17) is 10.5 Å². The summed E-state index contributed by atoms with van der Waals surface area (Å²) >= 11 is 1.73. The lowest BCUT2D eigenvalue weighted by atomic mass is 10.1. The molecule has 1 atom stereocenters. The molecule has 0 saturated carbocycles. The van der Waals surface area contributed by atoms with E-state index in [1.165, 1.54) is 11.2 Å². The Bertz CT molecular complexity index is 530. The molecule has 0 bridgehead atoms. The maximum absolute atomic E-state index is 6.06. The van der Waals surface area contributed by atoms with Crippen LogP contribution in [0.2, 0.25) is 0 Å². The lowest BCUT2D eigenvalue weighted by Gasteiger charge is -2.19. The maximum atomic E-state index is 6.06. The second-order valence-electron chi connectivity index (χ2n) is 4.38. The van der Waals surface area contributed by atoms with Gasteiger partial charge in [0.2, 0.25) is 5.88 Å². The summed E-state index contributed by atoms with van der Waals surface area (Å²) in [5.41, 5.74) is 6.52. The third-order valence-electron chi connectivity index (χ3n) is 2.90. The molecule has 108 valence electrons. The second kappa shape index (κ2) is 7.09. The van der Waals surface area contributed by atoms with Crippen molar-refractivity contribution < 1.29 is 4.74 Å². The number of hydrogen-bond acceptors (Lipinski definition) is 6. The Morgan fingerprint density at radius 2 is 2.25 bits per heavy atom. The minimum Gasteiger partial charge on any atom is -0.476 e. The van der Waals surface area contributed by atoms with Crippen molar-refractivity contribution in [1.29, 1.82) is 0 Å². The minimum absolute atomic E-state index is 0.215. The van der Waals surface area contributed by atoms with Crippen LogP contribution < -0.4 is 15.8 Å². The summed E-state index contributed by atoms with van der Waals surface area (Å²) in [6.07, 6.45) is 3.58. The highest BCUT2D eigenvalue weighted by Gasteiger charge is 2.16. The molecule has 0 radical (unpaired) electrons. The van der Waals surface area contributed by atoms with Gasteiger partial charge in [0, 0.05) is 4.88 Å². The van der Waals surface area contributed by atoms with Crippen molar-refractivity contribution >= 4 is 22.8 Å². The van der Waals surface area contributed by atoms with E-state index in [9.17, 15) is 0 Å². The van der Waals surface area contributed by atoms with Gasteiger partial charge in [-0.1, -0.05) is 19.4 Å². The SMILES string of the molecule is CCCC(Nc1ncnc(OCC)c1N)c1cccs1. The van der Waals surface area contributed by atoms with Gasteiger partial charge < -0.3 is 15.8 Å². The van der Waals surface area contributed by atoms with Crippen molar-refractivity contribution in [3.63, 3.8) is 0 Å². The molecular weight excluding hydrogens is 272 g/mol. The smallest absolute Gasteiger partial charge is 0.242 e. The van der Waals surface area contributed by atoms with Crippen LogP contribution in [-0.4, -0.2) is 16.6 Å². The van der Waals surface area contributed by atoms with E-state index in [0.717, 1.165) is 12.8 Å². The third-order valence-corrected chi connectivity index (χ3v) is 3.89. The van der Waals surface area contributed by atoms with Crippen LogP contribution in [0.3, 0.4) is 0 Å².